The number of hydrogen-bond donors (Lipinski definition) is 1. The highest BCUT2D eigenvalue weighted by atomic mass is 16.6. The highest BCUT2D eigenvalue weighted by molar-refractivity contribution is 6.00. The summed E-state index contributed by atoms with van der Waals surface area (Å²) in [6.07, 6.45) is 0.221. The number of hydrogen-bond acceptors (Lipinski definition) is 4. The van der Waals surface area contributed by atoms with Gasteiger partial charge in [-0.2, -0.15) is 0 Å². The first-order valence-electron chi connectivity index (χ1n) is 5.10. The molecule has 0 aliphatic heterocycles. The van der Waals surface area contributed by atoms with Crippen molar-refractivity contribution in [2.75, 3.05) is 5.73 Å². The molecule has 0 saturated heterocycles. The fraction of sp³-hybridized carbons (Fsp3) is 0.333. The zero-order valence-electron chi connectivity index (χ0n) is 9.40. The van der Waals surface area contributed by atoms with Crippen molar-refractivity contribution in [2.45, 2.75) is 20.3 Å². The molecule has 1 aromatic carbocycles. The molecule has 0 amide bonds. The number of carbonyl (C=O) groups is 2. The van der Waals surface area contributed by atoms with E-state index in [0.717, 1.165) is 0 Å². The average Bonchev–Trinajstić information content (AvgIpc) is 2.16. The maximum Gasteiger partial charge on any atom is 0.347 e. The zero-order chi connectivity index (χ0) is 12.1. The first-order valence-corrected chi connectivity index (χ1v) is 5.10. The molecule has 4 nitrogen and oxygen atoms in total. The first kappa shape index (κ1) is 12.2. The van der Waals surface area contributed by atoms with Gasteiger partial charge in [-0.1, -0.05) is 26.0 Å². The van der Waals surface area contributed by atoms with Gasteiger partial charge in [0.2, 0.25) is 0 Å². The molecule has 4 heteroatoms. The van der Waals surface area contributed by atoms with Crippen molar-refractivity contribution in [2.24, 2.45) is 5.92 Å². The number of carbonyl (C=O) groups excluding carboxylic acids is 2. The maximum atomic E-state index is 11.5. The van der Waals surface area contributed by atoms with E-state index in [4.69, 9.17) is 5.73 Å². The molecule has 0 heterocycles. The monoisotopic (exact) mass is 221 g/mol. The Bertz CT molecular complexity index is 399. The molecule has 0 bridgehead atoms. The first-order chi connectivity index (χ1) is 7.50. The van der Waals surface area contributed by atoms with E-state index in [1.165, 1.54) is 6.07 Å². The summed E-state index contributed by atoms with van der Waals surface area (Å²) in [6, 6.07) is 6.49. The molecule has 0 aliphatic carbocycles. The van der Waals surface area contributed by atoms with Gasteiger partial charge < -0.3 is 10.5 Å². The quantitative estimate of drug-likeness (QED) is 0.481. The van der Waals surface area contributed by atoms with Crippen molar-refractivity contribution in [1.82, 2.24) is 0 Å². The van der Waals surface area contributed by atoms with Crippen LogP contribution in [0.25, 0.3) is 0 Å². The van der Waals surface area contributed by atoms with E-state index in [-0.39, 0.29) is 17.9 Å². The Labute approximate surface area is 94.4 Å². The molecule has 86 valence electrons. The fourth-order valence-electron chi connectivity index (χ4n) is 1.22. The van der Waals surface area contributed by atoms with Crippen molar-refractivity contribution in [3.8, 4) is 0 Å². The Balaban J connectivity index is 2.66. The van der Waals surface area contributed by atoms with Gasteiger partial charge in [0.15, 0.2) is 0 Å². The van der Waals surface area contributed by atoms with Gasteiger partial charge in [0, 0.05) is 12.1 Å². The topological polar surface area (TPSA) is 69.4 Å². The molecule has 0 aliphatic rings. The standard InChI is InChI=1S/C12H15NO3/c1-8(2)7-11(14)16-12(15)9-5-3-4-6-10(9)13/h3-6,8H,7,13H2,1-2H3. The largest absolute Gasteiger partial charge is 0.398 e. The van der Waals surface area contributed by atoms with Gasteiger partial charge in [0.1, 0.15) is 0 Å². The summed E-state index contributed by atoms with van der Waals surface area (Å²) in [5, 5.41) is 0. The van der Waals surface area contributed by atoms with Gasteiger partial charge in [-0.3, -0.25) is 4.79 Å². The predicted octanol–water partition coefficient (Wildman–Crippen LogP) is 2.00. The number of para-hydroxylation sites is 1. The van der Waals surface area contributed by atoms with Crippen molar-refractivity contribution in [3.05, 3.63) is 29.8 Å². The average molecular weight is 221 g/mol. The summed E-state index contributed by atoms with van der Waals surface area (Å²) in [5.74, 6) is -1.06. The lowest BCUT2D eigenvalue weighted by Gasteiger charge is -2.06. The SMILES string of the molecule is CC(C)CC(=O)OC(=O)c1ccccc1N. The van der Waals surface area contributed by atoms with Crippen LogP contribution in [-0.4, -0.2) is 11.9 Å². The van der Waals surface area contributed by atoms with Crippen LogP contribution in [0.2, 0.25) is 0 Å². The number of esters is 2. The van der Waals surface area contributed by atoms with Crippen molar-refractivity contribution in [1.29, 1.82) is 0 Å². The number of anilines is 1. The lowest BCUT2D eigenvalue weighted by Crippen LogP contribution is -2.15. The van der Waals surface area contributed by atoms with E-state index < -0.39 is 11.9 Å². The zero-order valence-corrected chi connectivity index (χ0v) is 9.40. The Morgan fingerprint density at radius 1 is 1.31 bits per heavy atom. The molecule has 1 rings (SSSR count). The smallest absolute Gasteiger partial charge is 0.347 e. The summed E-state index contributed by atoms with van der Waals surface area (Å²) in [7, 11) is 0. The predicted molar refractivity (Wildman–Crippen MR) is 60.7 cm³/mol. The summed E-state index contributed by atoms with van der Waals surface area (Å²) >= 11 is 0. The molecule has 0 saturated carbocycles. The molecule has 0 atom stereocenters. The Hall–Kier alpha value is -1.84. The van der Waals surface area contributed by atoms with Crippen LogP contribution in [0.1, 0.15) is 30.6 Å². The highest BCUT2D eigenvalue weighted by Gasteiger charge is 2.15. The fourth-order valence-corrected chi connectivity index (χ4v) is 1.22. The third-order valence-electron chi connectivity index (χ3n) is 1.96. The molecule has 0 aromatic heterocycles. The van der Waals surface area contributed by atoms with Crippen LogP contribution >= 0.6 is 0 Å². The van der Waals surface area contributed by atoms with Crippen LogP contribution in [-0.2, 0) is 9.53 Å². The van der Waals surface area contributed by atoms with E-state index in [1.807, 2.05) is 13.8 Å². The second-order valence-corrected chi connectivity index (χ2v) is 3.95. The molecule has 0 fully saturated rings. The number of nitrogen functional groups attached to an aromatic ring is 1. The third kappa shape index (κ3) is 3.38. The minimum Gasteiger partial charge on any atom is -0.398 e. The Morgan fingerprint density at radius 3 is 2.50 bits per heavy atom. The molecular weight excluding hydrogens is 206 g/mol. The summed E-state index contributed by atoms with van der Waals surface area (Å²) in [6.45, 7) is 3.76. The van der Waals surface area contributed by atoms with E-state index in [2.05, 4.69) is 4.74 Å². The summed E-state index contributed by atoms with van der Waals surface area (Å²) in [4.78, 5) is 22.8. The number of benzene rings is 1. The van der Waals surface area contributed by atoms with Crippen LogP contribution in [0.3, 0.4) is 0 Å². The van der Waals surface area contributed by atoms with Gasteiger partial charge in [-0.15, -0.1) is 0 Å². The van der Waals surface area contributed by atoms with Gasteiger partial charge in [0.25, 0.3) is 0 Å². The molecule has 0 spiro atoms. The molecule has 1 aromatic rings. The normalized spacial score (nSPS) is 10.2. The Kier molecular flexibility index (Phi) is 4.05. The van der Waals surface area contributed by atoms with Crippen LogP contribution < -0.4 is 5.73 Å². The Morgan fingerprint density at radius 2 is 1.94 bits per heavy atom. The maximum absolute atomic E-state index is 11.5. The molecule has 0 radical (unpaired) electrons. The highest BCUT2D eigenvalue weighted by Crippen LogP contribution is 2.12. The van der Waals surface area contributed by atoms with Crippen LogP contribution in [0, 0.1) is 5.92 Å². The van der Waals surface area contributed by atoms with E-state index in [0.29, 0.717) is 5.69 Å². The molecule has 2 N–H and O–H groups in total. The van der Waals surface area contributed by atoms with Gasteiger partial charge >= 0.3 is 11.9 Å². The van der Waals surface area contributed by atoms with E-state index >= 15 is 0 Å². The minimum atomic E-state index is -0.691. The van der Waals surface area contributed by atoms with E-state index in [9.17, 15) is 9.59 Å². The van der Waals surface area contributed by atoms with E-state index in [1.54, 1.807) is 18.2 Å². The summed E-state index contributed by atoms with van der Waals surface area (Å²) in [5.41, 5.74) is 6.12. The van der Waals surface area contributed by atoms with Crippen LogP contribution in [0.4, 0.5) is 5.69 Å². The second-order valence-electron chi connectivity index (χ2n) is 3.95. The minimum absolute atomic E-state index is 0.161. The van der Waals surface area contributed by atoms with Gasteiger partial charge in [-0.25, -0.2) is 4.79 Å². The van der Waals surface area contributed by atoms with Crippen LogP contribution in [0.15, 0.2) is 24.3 Å². The molecule has 0 unspecified atom stereocenters. The number of rotatable bonds is 3. The van der Waals surface area contributed by atoms with Gasteiger partial charge in [0.05, 0.1) is 5.56 Å². The third-order valence-corrected chi connectivity index (χ3v) is 1.96. The summed E-state index contributed by atoms with van der Waals surface area (Å²) < 4.78 is 4.67. The lowest BCUT2D eigenvalue weighted by atomic mass is 10.1. The van der Waals surface area contributed by atoms with Crippen molar-refractivity contribution < 1.29 is 14.3 Å². The molecular formula is C12H15NO3. The number of ether oxygens (including phenoxy) is 1. The lowest BCUT2D eigenvalue weighted by molar-refractivity contribution is -0.138. The van der Waals surface area contributed by atoms with Crippen molar-refractivity contribution >= 4 is 17.6 Å². The van der Waals surface area contributed by atoms with Gasteiger partial charge in [-0.05, 0) is 18.1 Å². The van der Waals surface area contributed by atoms with Crippen LogP contribution in [0.5, 0.6) is 0 Å². The molecule has 16 heavy (non-hydrogen) atoms. The van der Waals surface area contributed by atoms with Crippen molar-refractivity contribution in [3.63, 3.8) is 0 Å². The number of nitrogens with two attached hydrogens (primary N) is 1. The second kappa shape index (κ2) is 5.30.